The summed E-state index contributed by atoms with van der Waals surface area (Å²) in [6.45, 7) is 12.7. The molecular weight excluding hydrogens is 246 g/mol. The Labute approximate surface area is 115 Å². The third kappa shape index (κ3) is 6.05. The van der Waals surface area contributed by atoms with Crippen molar-refractivity contribution in [1.29, 1.82) is 0 Å². The fraction of sp³-hybridized carbons (Fsp3) is 0.857. The molecule has 19 heavy (non-hydrogen) atoms. The Bertz CT molecular complexity index is 329. The zero-order valence-corrected chi connectivity index (χ0v) is 13.1. The highest BCUT2D eigenvalue weighted by molar-refractivity contribution is 5.80. The highest BCUT2D eigenvalue weighted by atomic mass is 16.7. The number of hydrogen-bond donors (Lipinski definition) is 1. The van der Waals surface area contributed by atoms with E-state index in [9.17, 15) is 14.7 Å². The summed E-state index contributed by atoms with van der Waals surface area (Å²) in [5.74, 6) is -0.931. The zero-order chi connectivity index (χ0) is 15.4. The van der Waals surface area contributed by atoms with Gasteiger partial charge >= 0.3 is 5.97 Å². The van der Waals surface area contributed by atoms with E-state index in [0.717, 1.165) is 5.06 Å². The number of carbonyl (C=O) groups excluding carboxylic acids is 2. The maximum Gasteiger partial charge on any atom is 0.338 e. The topological polar surface area (TPSA) is 66.8 Å². The molecule has 1 N–H and O–H groups in total. The Hall–Kier alpha value is -1.10. The molecule has 0 aliphatic carbocycles. The van der Waals surface area contributed by atoms with Gasteiger partial charge in [-0.15, -0.1) is 5.06 Å². The number of hydrogen-bond acceptors (Lipinski definition) is 4. The molecule has 5 nitrogen and oxygen atoms in total. The number of nitrogens with zero attached hydrogens (tertiary/aromatic N) is 1. The van der Waals surface area contributed by atoms with E-state index < -0.39 is 23.5 Å². The fourth-order valence-corrected chi connectivity index (χ4v) is 2.10. The average molecular weight is 273 g/mol. The quantitative estimate of drug-likeness (QED) is 0.631. The van der Waals surface area contributed by atoms with Crippen LogP contribution in [0.2, 0.25) is 0 Å². The lowest BCUT2D eigenvalue weighted by Crippen LogP contribution is -2.43. The first kappa shape index (κ1) is 17.9. The van der Waals surface area contributed by atoms with E-state index in [1.54, 1.807) is 20.8 Å². The molecule has 112 valence electrons. The van der Waals surface area contributed by atoms with Crippen LogP contribution in [0.4, 0.5) is 0 Å². The average Bonchev–Trinajstić information content (AvgIpc) is 2.20. The Kier molecular flexibility index (Phi) is 6.00. The van der Waals surface area contributed by atoms with Crippen molar-refractivity contribution < 1.29 is 19.5 Å². The Balaban J connectivity index is 4.86. The number of aliphatic hydroxyl groups is 1. The number of amides is 1. The van der Waals surface area contributed by atoms with Crippen LogP contribution in [0.5, 0.6) is 0 Å². The van der Waals surface area contributed by atoms with Crippen LogP contribution >= 0.6 is 0 Å². The van der Waals surface area contributed by atoms with Crippen molar-refractivity contribution in [2.24, 2.45) is 10.8 Å². The monoisotopic (exact) mass is 273 g/mol. The Morgan fingerprint density at radius 1 is 1.21 bits per heavy atom. The van der Waals surface area contributed by atoms with Crippen LogP contribution in [-0.2, 0) is 14.4 Å². The van der Waals surface area contributed by atoms with Gasteiger partial charge in [0.1, 0.15) is 0 Å². The molecule has 1 atom stereocenters. The lowest BCUT2D eigenvalue weighted by molar-refractivity contribution is -0.235. The molecule has 1 unspecified atom stereocenters. The third-order valence-electron chi connectivity index (χ3n) is 2.59. The lowest BCUT2D eigenvalue weighted by Gasteiger charge is -2.32. The number of carbonyl (C=O) groups is 2. The summed E-state index contributed by atoms with van der Waals surface area (Å²) in [5, 5.41) is 10.2. The molecular formula is C14H27NO4. The zero-order valence-electron chi connectivity index (χ0n) is 13.1. The van der Waals surface area contributed by atoms with Gasteiger partial charge in [-0.25, -0.2) is 4.79 Å². The number of aliphatic hydroxyl groups excluding tert-OH is 1. The normalized spacial score (nSPS) is 13.9. The number of hydroxylamine groups is 2. The van der Waals surface area contributed by atoms with Gasteiger partial charge in [-0.1, -0.05) is 27.7 Å². The SMILES string of the molecule is CCC(=O)N(OC(=O)C(C)(C)CC(C)(C)C)C(C)O. The molecule has 0 aliphatic heterocycles. The van der Waals surface area contributed by atoms with E-state index in [2.05, 4.69) is 0 Å². The summed E-state index contributed by atoms with van der Waals surface area (Å²) in [5.41, 5.74) is -0.758. The van der Waals surface area contributed by atoms with E-state index >= 15 is 0 Å². The van der Waals surface area contributed by atoms with Gasteiger partial charge < -0.3 is 9.94 Å². The van der Waals surface area contributed by atoms with Gasteiger partial charge in [-0.05, 0) is 32.6 Å². The van der Waals surface area contributed by atoms with Crippen LogP contribution in [-0.4, -0.2) is 28.3 Å². The second-order valence-corrected chi connectivity index (χ2v) is 6.71. The second kappa shape index (κ2) is 6.37. The summed E-state index contributed by atoms with van der Waals surface area (Å²) in [6, 6.07) is 0. The maximum atomic E-state index is 12.2. The molecule has 0 bridgehead atoms. The van der Waals surface area contributed by atoms with E-state index in [1.807, 2.05) is 20.8 Å². The molecule has 0 saturated heterocycles. The van der Waals surface area contributed by atoms with Gasteiger partial charge in [0, 0.05) is 6.42 Å². The molecule has 0 fully saturated rings. The largest absolute Gasteiger partial charge is 0.370 e. The molecule has 0 aromatic rings. The van der Waals surface area contributed by atoms with E-state index in [1.165, 1.54) is 6.92 Å². The third-order valence-corrected chi connectivity index (χ3v) is 2.59. The van der Waals surface area contributed by atoms with Crippen molar-refractivity contribution in [1.82, 2.24) is 5.06 Å². The van der Waals surface area contributed by atoms with E-state index in [4.69, 9.17) is 4.84 Å². The Morgan fingerprint density at radius 2 is 1.68 bits per heavy atom. The smallest absolute Gasteiger partial charge is 0.338 e. The molecule has 0 spiro atoms. The minimum Gasteiger partial charge on any atom is -0.370 e. The van der Waals surface area contributed by atoms with E-state index in [0.29, 0.717) is 6.42 Å². The Morgan fingerprint density at radius 3 is 2.00 bits per heavy atom. The first-order valence-corrected chi connectivity index (χ1v) is 6.63. The fourth-order valence-electron chi connectivity index (χ4n) is 2.10. The van der Waals surface area contributed by atoms with Gasteiger partial charge in [0.25, 0.3) is 5.91 Å². The van der Waals surface area contributed by atoms with Crippen LogP contribution < -0.4 is 0 Å². The van der Waals surface area contributed by atoms with Crippen LogP contribution in [0.1, 0.15) is 61.3 Å². The number of rotatable bonds is 4. The first-order chi connectivity index (χ1) is 8.40. The predicted molar refractivity (Wildman–Crippen MR) is 72.8 cm³/mol. The van der Waals surface area contributed by atoms with Crippen LogP contribution in [0.15, 0.2) is 0 Å². The molecule has 5 heteroatoms. The first-order valence-electron chi connectivity index (χ1n) is 6.63. The van der Waals surface area contributed by atoms with Crippen LogP contribution in [0.25, 0.3) is 0 Å². The van der Waals surface area contributed by atoms with Crippen molar-refractivity contribution >= 4 is 11.9 Å². The van der Waals surface area contributed by atoms with Gasteiger partial charge in [-0.2, -0.15) is 0 Å². The summed E-state index contributed by atoms with van der Waals surface area (Å²) in [7, 11) is 0. The lowest BCUT2D eigenvalue weighted by atomic mass is 9.76. The summed E-state index contributed by atoms with van der Waals surface area (Å²) >= 11 is 0. The van der Waals surface area contributed by atoms with Gasteiger partial charge in [0.15, 0.2) is 6.23 Å². The van der Waals surface area contributed by atoms with Gasteiger partial charge in [0.05, 0.1) is 5.41 Å². The van der Waals surface area contributed by atoms with Crippen molar-refractivity contribution in [3.05, 3.63) is 0 Å². The van der Waals surface area contributed by atoms with Crippen molar-refractivity contribution in [2.45, 2.75) is 67.5 Å². The standard InChI is InChI=1S/C14H27NO4/c1-8-11(17)15(10(2)16)19-12(18)14(6,7)9-13(3,4)5/h10,16H,8-9H2,1-7H3. The highest BCUT2D eigenvalue weighted by Crippen LogP contribution is 2.34. The molecule has 0 aromatic carbocycles. The molecule has 0 aromatic heterocycles. The van der Waals surface area contributed by atoms with Gasteiger partial charge in [0.2, 0.25) is 0 Å². The van der Waals surface area contributed by atoms with Crippen molar-refractivity contribution in [3.63, 3.8) is 0 Å². The summed E-state index contributed by atoms with van der Waals surface area (Å²) < 4.78 is 0. The van der Waals surface area contributed by atoms with E-state index in [-0.39, 0.29) is 11.8 Å². The molecule has 0 aliphatic rings. The summed E-state index contributed by atoms with van der Waals surface area (Å²) in [6.07, 6.45) is -0.369. The molecule has 0 radical (unpaired) electrons. The molecule has 0 saturated carbocycles. The highest BCUT2D eigenvalue weighted by Gasteiger charge is 2.36. The van der Waals surface area contributed by atoms with Crippen molar-refractivity contribution in [2.75, 3.05) is 0 Å². The summed E-state index contributed by atoms with van der Waals surface area (Å²) in [4.78, 5) is 28.8. The van der Waals surface area contributed by atoms with Crippen LogP contribution in [0, 0.1) is 10.8 Å². The molecule has 1 amide bonds. The van der Waals surface area contributed by atoms with Crippen molar-refractivity contribution in [3.8, 4) is 0 Å². The van der Waals surface area contributed by atoms with Crippen LogP contribution in [0.3, 0.4) is 0 Å². The predicted octanol–water partition coefficient (Wildman–Crippen LogP) is 2.48. The molecule has 0 rings (SSSR count). The second-order valence-electron chi connectivity index (χ2n) is 6.71. The molecule has 0 heterocycles. The minimum atomic E-state index is -1.15. The van der Waals surface area contributed by atoms with Gasteiger partial charge in [-0.3, -0.25) is 4.79 Å². The maximum absolute atomic E-state index is 12.2. The minimum absolute atomic E-state index is 0.0348.